The molecule has 0 radical (unpaired) electrons. The van der Waals surface area contributed by atoms with Gasteiger partial charge in [-0.15, -0.1) is 0 Å². The number of anilines is 3. The average molecular weight is 636 g/mol. The largest absolute Gasteiger partial charge is 0.310 e. The smallest absolute Gasteiger partial charge is 0.0543 e. The summed E-state index contributed by atoms with van der Waals surface area (Å²) in [5.41, 5.74) is 22.0. The number of hydrogen-bond donors (Lipinski definition) is 0. The highest BCUT2D eigenvalue weighted by Crippen LogP contribution is 2.54. The van der Waals surface area contributed by atoms with Crippen molar-refractivity contribution in [2.45, 2.75) is 77.6 Å². The molecule has 242 valence electrons. The van der Waals surface area contributed by atoms with Crippen LogP contribution in [0.2, 0.25) is 0 Å². The maximum absolute atomic E-state index is 2.62. The molecule has 0 spiro atoms. The molecule has 1 heteroatoms. The Balaban J connectivity index is 1.33. The summed E-state index contributed by atoms with van der Waals surface area (Å²) in [6.07, 6.45) is 9.76. The van der Waals surface area contributed by atoms with Gasteiger partial charge in [0.05, 0.1) is 5.69 Å². The molecule has 0 N–H and O–H groups in total. The number of nitrogens with zero attached hydrogens (tertiary/aromatic N) is 1. The fourth-order valence-electron chi connectivity index (χ4n) is 9.15. The molecule has 0 aliphatic heterocycles. The maximum Gasteiger partial charge on any atom is 0.0543 e. The highest BCUT2D eigenvalue weighted by Gasteiger charge is 2.37. The highest BCUT2D eigenvalue weighted by atomic mass is 15.1. The van der Waals surface area contributed by atoms with Gasteiger partial charge in [-0.1, -0.05) is 105 Å². The van der Waals surface area contributed by atoms with Crippen LogP contribution in [0.5, 0.6) is 0 Å². The summed E-state index contributed by atoms with van der Waals surface area (Å²) in [6.45, 7) is 7.16. The Bertz CT molecular complexity index is 2200. The van der Waals surface area contributed by atoms with E-state index in [4.69, 9.17) is 0 Å². The first-order valence-corrected chi connectivity index (χ1v) is 18.4. The van der Waals surface area contributed by atoms with Gasteiger partial charge in [-0.2, -0.15) is 0 Å². The molecular formula is C48H45N. The van der Waals surface area contributed by atoms with E-state index in [2.05, 4.69) is 147 Å². The lowest BCUT2D eigenvalue weighted by atomic mass is 9.81. The van der Waals surface area contributed by atoms with Crippen molar-refractivity contribution in [3.63, 3.8) is 0 Å². The number of hydrogen-bond acceptors (Lipinski definition) is 1. The van der Waals surface area contributed by atoms with E-state index in [0.717, 1.165) is 12.8 Å². The van der Waals surface area contributed by atoms with Gasteiger partial charge in [0, 0.05) is 22.4 Å². The van der Waals surface area contributed by atoms with E-state index in [-0.39, 0.29) is 5.41 Å². The first-order valence-electron chi connectivity index (χ1n) is 18.4. The third kappa shape index (κ3) is 5.05. The van der Waals surface area contributed by atoms with Crippen LogP contribution in [0.15, 0.2) is 121 Å². The lowest BCUT2D eigenvalue weighted by Crippen LogP contribution is -2.19. The Morgan fingerprint density at radius 2 is 1.14 bits per heavy atom. The van der Waals surface area contributed by atoms with Gasteiger partial charge in [-0.25, -0.2) is 0 Å². The Hall–Kier alpha value is -4.88. The van der Waals surface area contributed by atoms with Crippen LogP contribution in [0, 0.1) is 6.92 Å². The molecule has 0 amide bonds. The zero-order valence-electron chi connectivity index (χ0n) is 29.2. The zero-order valence-corrected chi connectivity index (χ0v) is 29.2. The van der Waals surface area contributed by atoms with Crippen LogP contribution in [-0.2, 0) is 31.1 Å². The van der Waals surface area contributed by atoms with E-state index in [1.165, 1.54) is 122 Å². The van der Waals surface area contributed by atoms with E-state index < -0.39 is 0 Å². The van der Waals surface area contributed by atoms with Gasteiger partial charge in [-0.3, -0.25) is 0 Å². The van der Waals surface area contributed by atoms with E-state index in [1.54, 1.807) is 5.56 Å². The molecule has 49 heavy (non-hydrogen) atoms. The fourth-order valence-corrected chi connectivity index (χ4v) is 9.15. The van der Waals surface area contributed by atoms with Crippen LogP contribution in [0.1, 0.15) is 78.5 Å². The maximum atomic E-state index is 2.62. The molecule has 6 aromatic carbocycles. The summed E-state index contributed by atoms with van der Waals surface area (Å²) in [6, 6.07) is 46.4. The van der Waals surface area contributed by atoms with Crippen LogP contribution in [0.3, 0.4) is 0 Å². The Morgan fingerprint density at radius 3 is 1.94 bits per heavy atom. The number of fused-ring (bicyclic) bond motifs is 5. The standard InChI is InChI=1S/C48H45N/c1-32-28-36-17-7-8-18-37(36)29-41(32)43-30-42-40-21-11-12-22-44(40)48(2,3)45(42)31-47(43)49(46-23-13-19-35-16-9-10-20-39(35)46)38-26-24-34(25-27-38)33-14-5-4-6-15-33/h4-6,11-15,19,21-31H,7-10,16-18,20H2,1-3H3. The topological polar surface area (TPSA) is 3.24 Å². The summed E-state index contributed by atoms with van der Waals surface area (Å²) in [7, 11) is 0. The molecular weight excluding hydrogens is 591 g/mol. The number of benzene rings is 6. The lowest BCUT2D eigenvalue weighted by Gasteiger charge is -2.34. The Kier molecular flexibility index (Phi) is 7.34. The van der Waals surface area contributed by atoms with Crippen molar-refractivity contribution >= 4 is 17.1 Å². The Labute approximate surface area is 292 Å². The average Bonchev–Trinajstić information content (AvgIpc) is 3.37. The first-order chi connectivity index (χ1) is 24.0. The van der Waals surface area contributed by atoms with E-state index >= 15 is 0 Å². The molecule has 0 unspecified atom stereocenters. The highest BCUT2D eigenvalue weighted by molar-refractivity contribution is 5.96. The van der Waals surface area contributed by atoms with Gasteiger partial charge in [0.25, 0.3) is 0 Å². The summed E-state index contributed by atoms with van der Waals surface area (Å²) < 4.78 is 0. The van der Waals surface area contributed by atoms with E-state index in [1.807, 2.05) is 0 Å². The van der Waals surface area contributed by atoms with Crippen molar-refractivity contribution in [2.75, 3.05) is 4.90 Å². The van der Waals surface area contributed by atoms with Crippen LogP contribution in [0.4, 0.5) is 17.1 Å². The summed E-state index contributed by atoms with van der Waals surface area (Å²) >= 11 is 0. The predicted octanol–water partition coefficient (Wildman–Crippen LogP) is 12.9. The molecule has 3 aliphatic rings. The second-order valence-corrected chi connectivity index (χ2v) is 15.1. The zero-order chi connectivity index (χ0) is 33.1. The molecule has 0 atom stereocenters. The minimum absolute atomic E-state index is 0.0942. The van der Waals surface area contributed by atoms with E-state index in [9.17, 15) is 0 Å². The molecule has 0 saturated heterocycles. The van der Waals surface area contributed by atoms with Crippen LogP contribution >= 0.6 is 0 Å². The fraction of sp³-hybridized carbons (Fsp3) is 0.250. The van der Waals surface area contributed by atoms with Gasteiger partial charge >= 0.3 is 0 Å². The minimum Gasteiger partial charge on any atom is -0.310 e. The molecule has 9 rings (SSSR count). The predicted molar refractivity (Wildman–Crippen MR) is 208 cm³/mol. The molecule has 0 fully saturated rings. The van der Waals surface area contributed by atoms with Crippen molar-refractivity contribution < 1.29 is 0 Å². The molecule has 6 aromatic rings. The van der Waals surface area contributed by atoms with Gasteiger partial charge in [0.2, 0.25) is 0 Å². The molecule has 0 bridgehead atoms. The monoisotopic (exact) mass is 635 g/mol. The van der Waals surface area contributed by atoms with Gasteiger partial charge < -0.3 is 4.90 Å². The van der Waals surface area contributed by atoms with Crippen molar-refractivity contribution in [3.8, 4) is 33.4 Å². The van der Waals surface area contributed by atoms with E-state index in [0.29, 0.717) is 0 Å². The van der Waals surface area contributed by atoms with Gasteiger partial charge in [-0.05, 0) is 155 Å². The third-order valence-corrected chi connectivity index (χ3v) is 11.8. The van der Waals surface area contributed by atoms with Crippen molar-refractivity contribution in [2.24, 2.45) is 0 Å². The summed E-state index contributed by atoms with van der Waals surface area (Å²) in [5, 5.41) is 0. The van der Waals surface area contributed by atoms with Crippen molar-refractivity contribution in [3.05, 3.63) is 160 Å². The first kappa shape index (κ1) is 30.2. The van der Waals surface area contributed by atoms with Crippen molar-refractivity contribution in [1.29, 1.82) is 0 Å². The van der Waals surface area contributed by atoms with Crippen molar-refractivity contribution in [1.82, 2.24) is 0 Å². The molecule has 0 heterocycles. The van der Waals surface area contributed by atoms with Crippen LogP contribution in [0.25, 0.3) is 33.4 Å². The second-order valence-electron chi connectivity index (χ2n) is 15.1. The third-order valence-electron chi connectivity index (χ3n) is 11.8. The summed E-state index contributed by atoms with van der Waals surface area (Å²) in [4.78, 5) is 2.62. The molecule has 1 nitrogen and oxygen atoms in total. The molecule has 0 aromatic heterocycles. The quantitative estimate of drug-likeness (QED) is 0.182. The minimum atomic E-state index is -0.0942. The lowest BCUT2D eigenvalue weighted by molar-refractivity contribution is 0.660. The van der Waals surface area contributed by atoms with Gasteiger partial charge in [0.1, 0.15) is 0 Å². The number of aryl methyl sites for hydroxylation is 4. The van der Waals surface area contributed by atoms with Crippen LogP contribution in [-0.4, -0.2) is 0 Å². The second kappa shape index (κ2) is 11.9. The normalized spacial score (nSPS) is 15.6. The van der Waals surface area contributed by atoms with Gasteiger partial charge in [0.15, 0.2) is 0 Å². The number of rotatable bonds is 5. The molecule has 3 aliphatic carbocycles. The molecule has 0 saturated carbocycles. The Morgan fingerprint density at radius 1 is 0.469 bits per heavy atom. The summed E-state index contributed by atoms with van der Waals surface area (Å²) in [5.74, 6) is 0. The van der Waals surface area contributed by atoms with Crippen LogP contribution < -0.4 is 4.90 Å². The SMILES string of the molecule is Cc1cc2c(cc1-c1cc3c(cc1N(c1ccc(-c4ccccc4)cc1)c1cccc4c1CCCC4)C(C)(C)c1ccccc1-3)CCCC2.